The third-order valence-corrected chi connectivity index (χ3v) is 4.16. The second-order valence-electron chi connectivity index (χ2n) is 3.86. The number of hydrogen-bond acceptors (Lipinski definition) is 2. The molecule has 0 aliphatic heterocycles. The lowest BCUT2D eigenvalue weighted by Crippen LogP contribution is -1.96. The van der Waals surface area contributed by atoms with E-state index in [1.807, 2.05) is 6.07 Å². The molecule has 0 aromatic heterocycles. The van der Waals surface area contributed by atoms with Crippen molar-refractivity contribution in [2.75, 3.05) is 0 Å². The quantitative estimate of drug-likeness (QED) is 0.911. The lowest BCUT2D eigenvalue weighted by Gasteiger charge is -2.07. The van der Waals surface area contributed by atoms with Gasteiger partial charge in [-0.3, -0.25) is 0 Å². The standard InChI is InChI=1S/C14H14BrNS/c1-10-7-11(9-16)5-6-14(10)17-13-4-2-3-12(15)8-13/h2-8H,9,16H2,1H3. The van der Waals surface area contributed by atoms with E-state index in [0.29, 0.717) is 6.54 Å². The number of nitrogens with two attached hydrogens (primary N) is 1. The van der Waals surface area contributed by atoms with Gasteiger partial charge in [-0.15, -0.1) is 0 Å². The molecule has 2 aromatic rings. The second-order valence-corrected chi connectivity index (χ2v) is 5.89. The van der Waals surface area contributed by atoms with Gasteiger partial charge in [-0.25, -0.2) is 0 Å². The molecule has 0 amide bonds. The van der Waals surface area contributed by atoms with Gasteiger partial charge in [-0.2, -0.15) is 0 Å². The summed E-state index contributed by atoms with van der Waals surface area (Å²) >= 11 is 5.26. The lowest BCUT2D eigenvalue weighted by atomic mass is 10.1. The zero-order chi connectivity index (χ0) is 12.3. The Hall–Kier alpha value is -0.770. The summed E-state index contributed by atoms with van der Waals surface area (Å²) in [6.07, 6.45) is 0. The van der Waals surface area contributed by atoms with Crippen molar-refractivity contribution in [1.82, 2.24) is 0 Å². The number of benzene rings is 2. The van der Waals surface area contributed by atoms with Crippen molar-refractivity contribution in [2.24, 2.45) is 5.73 Å². The van der Waals surface area contributed by atoms with Gasteiger partial charge >= 0.3 is 0 Å². The molecule has 2 aromatic carbocycles. The molecular formula is C14H14BrNS. The second kappa shape index (κ2) is 5.71. The Kier molecular flexibility index (Phi) is 4.26. The van der Waals surface area contributed by atoms with Crippen molar-refractivity contribution in [3.05, 3.63) is 58.1 Å². The highest BCUT2D eigenvalue weighted by atomic mass is 79.9. The predicted molar refractivity (Wildman–Crippen MR) is 77.3 cm³/mol. The molecule has 2 rings (SSSR count). The first-order valence-electron chi connectivity index (χ1n) is 5.42. The van der Waals surface area contributed by atoms with E-state index in [0.717, 1.165) is 4.47 Å². The molecule has 0 radical (unpaired) electrons. The normalized spacial score (nSPS) is 10.5. The molecule has 0 bridgehead atoms. The zero-order valence-corrected chi connectivity index (χ0v) is 12.0. The molecular weight excluding hydrogens is 294 g/mol. The van der Waals surface area contributed by atoms with Crippen molar-refractivity contribution >= 4 is 27.7 Å². The summed E-state index contributed by atoms with van der Waals surface area (Å²) in [4.78, 5) is 2.52. The molecule has 0 saturated carbocycles. The topological polar surface area (TPSA) is 26.0 Å². The maximum absolute atomic E-state index is 5.63. The van der Waals surface area contributed by atoms with Gasteiger partial charge in [0.1, 0.15) is 0 Å². The monoisotopic (exact) mass is 307 g/mol. The van der Waals surface area contributed by atoms with Crippen molar-refractivity contribution in [3.63, 3.8) is 0 Å². The summed E-state index contributed by atoms with van der Waals surface area (Å²) in [5.74, 6) is 0. The van der Waals surface area contributed by atoms with Gasteiger partial charge in [0, 0.05) is 20.8 Å². The summed E-state index contributed by atoms with van der Waals surface area (Å²) in [6.45, 7) is 2.72. The van der Waals surface area contributed by atoms with Gasteiger partial charge in [0.05, 0.1) is 0 Å². The number of halogens is 1. The minimum Gasteiger partial charge on any atom is -0.326 e. The molecule has 0 atom stereocenters. The molecule has 0 fully saturated rings. The van der Waals surface area contributed by atoms with Crippen LogP contribution in [0.3, 0.4) is 0 Å². The lowest BCUT2D eigenvalue weighted by molar-refractivity contribution is 1.06. The van der Waals surface area contributed by atoms with Gasteiger partial charge < -0.3 is 5.73 Å². The Morgan fingerprint density at radius 2 is 2.00 bits per heavy atom. The van der Waals surface area contributed by atoms with Crippen LogP contribution in [0.5, 0.6) is 0 Å². The molecule has 0 unspecified atom stereocenters. The Morgan fingerprint density at radius 3 is 2.65 bits per heavy atom. The summed E-state index contributed by atoms with van der Waals surface area (Å²) in [5, 5.41) is 0. The van der Waals surface area contributed by atoms with E-state index in [-0.39, 0.29) is 0 Å². The Bertz CT molecular complexity index is 525. The third kappa shape index (κ3) is 3.35. The first-order chi connectivity index (χ1) is 8.19. The molecule has 0 heterocycles. The number of aryl methyl sites for hydroxylation is 1. The Balaban J connectivity index is 2.24. The minimum atomic E-state index is 0.600. The van der Waals surface area contributed by atoms with E-state index in [1.54, 1.807) is 11.8 Å². The largest absolute Gasteiger partial charge is 0.326 e. The first kappa shape index (κ1) is 12.7. The van der Waals surface area contributed by atoms with Crippen LogP contribution in [-0.4, -0.2) is 0 Å². The van der Waals surface area contributed by atoms with Crippen molar-refractivity contribution < 1.29 is 0 Å². The fraction of sp³-hybridized carbons (Fsp3) is 0.143. The Morgan fingerprint density at radius 1 is 1.18 bits per heavy atom. The van der Waals surface area contributed by atoms with Crippen LogP contribution in [0.25, 0.3) is 0 Å². The van der Waals surface area contributed by atoms with Crippen molar-refractivity contribution in [3.8, 4) is 0 Å². The maximum atomic E-state index is 5.63. The molecule has 88 valence electrons. The molecule has 0 aliphatic rings. The van der Waals surface area contributed by atoms with E-state index in [9.17, 15) is 0 Å². The first-order valence-corrected chi connectivity index (χ1v) is 7.03. The third-order valence-electron chi connectivity index (χ3n) is 2.50. The van der Waals surface area contributed by atoms with Crippen LogP contribution in [0.15, 0.2) is 56.7 Å². The molecule has 17 heavy (non-hydrogen) atoms. The van der Waals surface area contributed by atoms with Crippen LogP contribution in [0, 0.1) is 6.92 Å². The minimum absolute atomic E-state index is 0.600. The number of rotatable bonds is 3. The van der Waals surface area contributed by atoms with E-state index in [2.05, 4.69) is 59.3 Å². The summed E-state index contributed by atoms with van der Waals surface area (Å²) in [6, 6.07) is 14.7. The van der Waals surface area contributed by atoms with E-state index < -0.39 is 0 Å². The summed E-state index contributed by atoms with van der Waals surface area (Å²) in [7, 11) is 0. The van der Waals surface area contributed by atoms with Crippen molar-refractivity contribution in [2.45, 2.75) is 23.3 Å². The van der Waals surface area contributed by atoms with Crippen molar-refractivity contribution in [1.29, 1.82) is 0 Å². The molecule has 3 heteroatoms. The fourth-order valence-electron chi connectivity index (χ4n) is 1.61. The zero-order valence-electron chi connectivity index (χ0n) is 9.61. The van der Waals surface area contributed by atoms with Gasteiger partial charge in [0.2, 0.25) is 0 Å². The predicted octanol–water partition coefficient (Wildman–Crippen LogP) is 4.37. The maximum Gasteiger partial charge on any atom is 0.0186 e. The van der Waals surface area contributed by atoms with Crippen LogP contribution < -0.4 is 5.73 Å². The van der Waals surface area contributed by atoms with E-state index in [4.69, 9.17) is 5.73 Å². The summed E-state index contributed by atoms with van der Waals surface area (Å²) in [5.41, 5.74) is 8.09. The van der Waals surface area contributed by atoms with E-state index >= 15 is 0 Å². The van der Waals surface area contributed by atoms with E-state index in [1.165, 1.54) is 20.9 Å². The average Bonchev–Trinajstić information content (AvgIpc) is 2.32. The van der Waals surface area contributed by atoms with Crippen LogP contribution in [0.2, 0.25) is 0 Å². The summed E-state index contributed by atoms with van der Waals surface area (Å²) < 4.78 is 1.11. The molecule has 0 spiro atoms. The highest BCUT2D eigenvalue weighted by Crippen LogP contribution is 2.31. The average molecular weight is 308 g/mol. The van der Waals surface area contributed by atoms with Crippen LogP contribution >= 0.6 is 27.7 Å². The van der Waals surface area contributed by atoms with Crippen LogP contribution in [0.1, 0.15) is 11.1 Å². The van der Waals surface area contributed by atoms with Gasteiger partial charge in [0.25, 0.3) is 0 Å². The van der Waals surface area contributed by atoms with Gasteiger partial charge in [0.15, 0.2) is 0 Å². The van der Waals surface area contributed by atoms with Crippen LogP contribution in [-0.2, 0) is 6.54 Å². The molecule has 1 nitrogen and oxygen atoms in total. The highest BCUT2D eigenvalue weighted by molar-refractivity contribution is 9.10. The molecule has 0 aliphatic carbocycles. The SMILES string of the molecule is Cc1cc(CN)ccc1Sc1cccc(Br)c1. The number of hydrogen-bond donors (Lipinski definition) is 1. The van der Waals surface area contributed by atoms with Gasteiger partial charge in [-0.1, -0.05) is 45.9 Å². The molecule has 0 saturated heterocycles. The Labute approximate surface area is 115 Å². The smallest absolute Gasteiger partial charge is 0.0186 e. The fourth-order valence-corrected chi connectivity index (χ4v) is 3.10. The highest BCUT2D eigenvalue weighted by Gasteiger charge is 2.02. The van der Waals surface area contributed by atoms with Gasteiger partial charge in [-0.05, 0) is 42.3 Å². The van der Waals surface area contributed by atoms with Crippen LogP contribution in [0.4, 0.5) is 0 Å². The molecule has 2 N–H and O–H groups in total.